The maximum absolute atomic E-state index is 13.7. The van der Waals surface area contributed by atoms with Crippen molar-refractivity contribution in [1.82, 2.24) is 30.2 Å². The van der Waals surface area contributed by atoms with Crippen LogP contribution in [0.25, 0.3) is 22.2 Å². The van der Waals surface area contributed by atoms with Crippen molar-refractivity contribution < 1.29 is 18.7 Å². The number of rotatable bonds is 9. The Kier molecular flexibility index (Phi) is 7.86. The molecule has 0 aliphatic carbocycles. The van der Waals surface area contributed by atoms with Gasteiger partial charge in [-0.25, -0.2) is 9.97 Å². The number of carbonyl (C=O) groups excluding carboxylic acids is 2. The molecule has 11 heteroatoms. The molecular formula is C30H28FN7O3. The highest BCUT2D eigenvalue weighted by Crippen LogP contribution is 2.31. The molecular weight excluding hydrogens is 525 g/mol. The van der Waals surface area contributed by atoms with Crippen LogP contribution in [0.1, 0.15) is 23.0 Å². The Bertz CT molecular complexity index is 1750. The maximum Gasteiger partial charge on any atom is 0.270 e. The average Bonchev–Trinajstić information content (AvgIpc) is 3.26. The summed E-state index contributed by atoms with van der Waals surface area (Å²) in [5, 5.41) is 8.68. The molecule has 3 N–H and O–H groups in total. The third kappa shape index (κ3) is 6.47. The average molecular weight is 554 g/mol. The van der Waals surface area contributed by atoms with Crippen molar-refractivity contribution >= 4 is 34.5 Å². The Balaban J connectivity index is 1.31. The smallest absolute Gasteiger partial charge is 0.270 e. The summed E-state index contributed by atoms with van der Waals surface area (Å²) in [7, 11) is 1.91. The summed E-state index contributed by atoms with van der Waals surface area (Å²) < 4.78 is 21.7. The van der Waals surface area contributed by atoms with E-state index in [0.29, 0.717) is 29.5 Å². The van der Waals surface area contributed by atoms with Crippen LogP contribution < -0.4 is 20.7 Å². The lowest BCUT2D eigenvalue weighted by molar-refractivity contribution is -0.118. The van der Waals surface area contributed by atoms with Crippen LogP contribution in [0, 0.1) is 12.9 Å². The molecule has 0 fully saturated rings. The minimum Gasteiger partial charge on any atom is -0.457 e. The van der Waals surface area contributed by atoms with E-state index in [9.17, 15) is 14.0 Å². The first kappa shape index (κ1) is 27.3. The van der Waals surface area contributed by atoms with Crippen molar-refractivity contribution in [3.63, 3.8) is 0 Å². The molecule has 2 amide bonds. The van der Waals surface area contributed by atoms with Crippen molar-refractivity contribution in [3.05, 3.63) is 90.3 Å². The number of carbonyl (C=O) groups is 2. The molecule has 10 nitrogen and oxygen atoms in total. The van der Waals surface area contributed by atoms with Crippen LogP contribution in [-0.2, 0) is 11.8 Å². The van der Waals surface area contributed by atoms with Crippen LogP contribution in [0.3, 0.4) is 0 Å². The fraction of sp³-hybridized carbons (Fsp3) is 0.167. The Morgan fingerprint density at radius 3 is 2.51 bits per heavy atom. The predicted octanol–water partition coefficient (Wildman–Crippen LogP) is 4.88. The number of imidazole rings is 1. The lowest BCUT2D eigenvalue weighted by Gasteiger charge is -2.11. The number of nitrogens with zero attached hydrogens (tertiary/aromatic N) is 4. The molecule has 2 aromatic carbocycles. The number of amides is 2. The summed E-state index contributed by atoms with van der Waals surface area (Å²) in [5.41, 5.74) is 5.24. The summed E-state index contributed by atoms with van der Waals surface area (Å²) >= 11 is 0. The molecule has 5 aromatic rings. The zero-order valence-electron chi connectivity index (χ0n) is 22.7. The molecule has 0 saturated heterocycles. The van der Waals surface area contributed by atoms with Crippen LogP contribution in [0.15, 0.2) is 73.1 Å². The highest BCUT2D eigenvalue weighted by atomic mass is 19.1. The number of pyridine rings is 2. The molecule has 0 aliphatic rings. The SMILES string of the molecule is CC(=O)NCCNC(=O)c1cc(Oc2ccc3c(c2)nc(Nc2ccc(C)c(-c4ccnc(F)c4)c2)n3C)ccn1. The molecule has 208 valence electrons. The highest BCUT2D eigenvalue weighted by molar-refractivity contribution is 5.92. The van der Waals surface area contributed by atoms with E-state index < -0.39 is 5.95 Å². The topological polar surface area (TPSA) is 123 Å². The van der Waals surface area contributed by atoms with Gasteiger partial charge in [-0.1, -0.05) is 6.07 Å². The van der Waals surface area contributed by atoms with Gasteiger partial charge in [0.1, 0.15) is 17.2 Å². The quantitative estimate of drug-likeness (QED) is 0.176. The van der Waals surface area contributed by atoms with Gasteiger partial charge >= 0.3 is 0 Å². The molecule has 3 heterocycles. The van der Waals surface area contributed by atoms with Crippen molar-refractivity contribution in [2.45, 2.75) is 13.8 Å². The van der Waals surface area contributed by atoms with Crippen LogP contribution in [0.5, 0.6) is 11.5 Å². The van der Waals surface area contributed by atoms with Gasteiger partial charge in [-0.3, -0.25) is 14.6 Å². The van der Waals surface area contributed by atoms with Gasteiger partial charge in [0.15, 0.2) is 0 Å². The number of anilines is 2. The lowest BCUT2D eigenvalue weighted by Crippen LogP contribution is -2.33. The fourth-order valence-corrected chi connectivity index (χ4v) is 4.30. The van der Waals surface area contributed by atoms with Crippen LogP contribution in [-0.4, -0.2) is 44.4 Å². The molecule has 0 spiro atoms. The molecule has 3 aromatic heterocycles. The first-order valence-corrected chi connectivity index (χ1v) is 12.9. The zero-order valence-corrected chi connectivity index (χ0v) is 22.7. The van der Waals surface area contributed by atoms with Gasteiger partial charge in [0.05, 0.1) is 11.0 Å². The summed E-state index contributed by atoms with van der Waals surface area (Å²) in [6.07, 6.45) is 2.95. The molecule has 0 radical (unpaired) electrons. The van der Waals surface area contributed by atoms with E-state index in [0.717, 1.165) is 27.9 Å². The highest BCUT2D eigenvalue weighted by Gasteiger charge is 2.13. The number of aromatic nitrogens is 4. The summed E-state index contributed by atoms with van der Waals surface area (Å²) in [6, 6.07) is 17.8. The lowest BCUT2D eigenvalue weighted by atomic mass is 10.0. The van der Waals surface area contributed by atoms with Gasteiger partial charge in [0, 0.05) is 63.3 Å². The molecule has 5 rings (SSSR count). The van der Waals surface area contributed by atoms with Crippen molar-refractivity contribution in [3.8, 4) is 22.6 Å². The van der Waals surface area contributed by atoms with Gasteiger partial charge in [0.2, 0.25) is 17.8 Å². The second kappa shape index (κ2) is 11.8. The van der Waals surface area contributed by atoms with Gasteiger partial charge < -0.3 is 25.3 Å². The number of fused-ring (bicyclic) bond motifs is 1. The summed E-state index contributed by atoms with van der Waals surface area (Å²) in [4.78, 5) is 35.9. The second-order valence-corrected chi connectivity index (χ2v) is 9.38. The zero-order chi connectivity index (χ0) is 28.9. The molecule has 0 aliphatic heterocycles. The molecule has 0 unspecified atom stereocenters. The maximum atomic E-state index is 13.7. The Labute approximate surface area is 235 Å². The molecule has 0 atom stereocenters. The number of ether oxygens (including phenoxy) is 1. The van der Waals surface area contributed by atoms with Crippen LogP contribution in [0.4, 0.5) is 16.0 Å². The standard InChI is InChI=1S/C30H28FN7O3/c1-18-4-5-21(15-24(18)20-8-10-34-28(31)14-20)36-30-37-25-16-22(6-7-27(25)38(30)3)41-23-9-11-33-26(17-23)29(40)35-13-12-32-19(2)39/h4-11,14-17H,12-13H2,1-3H3,(H,32,39)(H,35,40)(H,36,37). The first-order valence-electron chi connectivity index (χ1n) is 12.9. The van der Waals surface area contributed by atoms with Gasteiger partial charge in [0.25, 0.3) is 5.91 Å². The monoisotopic (exact) mass is 553 g/mol. The second-order valence-electron chi connectivity index (χ2n) is 9.38. The van der Waals surface area contributed by atoms with E-state index in [2.05, 4.69) is 25.9 Å². The number of halogens is 1. The number of aryl methyl sites for hydroxylation is 2. The number of nitrogens with one attached hydrogen (secondary N) is 3. The third-order valence-electron chi connectivity index (χ3n) is 6.37. The van der Waals surface area contributed by atoms with E-state index in [1.165, 1.54) is 25.4 Å². The van der Waals surface area contributed by atoms with Gasteiger partial charge in [-0.05, 0) is 60.0 Å². The first-order chi connectivity index (χ1) is 19.8. The minimum absolute atomic E-state index is 0.163. The van der Waals surface area contributed by atoms with Crippen LogP contribution >= 0.6 is 0 Å². The normalized spacial score (nSPS) is 10.8. The molecule has 0 saturated carbocycles. The third-order valence-corrected chi connectivity index (χ3v) is 6.37. The van der Waals surface area contributed by atoms with Crippen molar-refractivity contribution in [1.29, 1.82) is 0 Å². The minimum atomic E-state index is -0.529. The van der Waals surface area contributed by atoms with E-state index >= 15 is 0 Å². The van der Waals surface area contributed by atoms with E-state index in [-0.39, 0.29) is 24.1 Å². The van der Waals surface area contributed by atoms with Gasteiger partial charge in [-0.2, -0.15) is 4.39 Å². The Morgan fingerprint density at radius 2 is 1.71 bits per heavy atom. The summed E-state index contributed by atoms with van der Waals surface area (Å²) in [5.74, 6) is 0.547. The van der Waals surface area contributed by atoms with Crippen molar-refractivity contribution in [2.75, 3.05) is 18.4 Å². The van der Waals surface area contributed by atoms with E-state index in [4.69, 9.17) is 9.72 Å². The largest absolute Gasteiger partial charge is 0.457 e. The summed E-state index contributed by atoms with van der Waals surface area (Å²) in [6.45, 7) is 4.00. The molecule has 41 heavy (non-hydrogen) atoms. The number of hydrogen-bond donors (Lipinski definition) is 3. The molecule has 0 bridgehead atoms. The van der Waals surface area contributed by atoms with Crippen LogP contribution in [0.2, 0.25) is 0 Å². The fourth-order valence-electron chi connectivity index (χ4n) is 4.30. The van der Waals surface area contributed by atoms with E-state index in [1.54, 1.807) is 18.2 Å². The van der Waals surface area contributed by atoms with Crippen molar-refractivity contribution in [2.24, 2.45) is 7.05 Å². The Morgan fingerprint density at radius 1 is 0.927 bits per heavy atom. The predicted molar refractivity (Wildman–Crippen MR) is 154 cm³/mol. The Hall–Kier alpha value is -5.32. The van der Waals surface area contributed by atoms with Gasteiger partial charge in [-0.15, -0.1) is 0 Å². The van der Waals surface area contributed by atoms with E-state index in [1.807, 2.05) is 54.9 Å². The number of benzene rings is 2. The number of hydrogen-bond acceptors (Lipinski definition) is 7.